The maximum atomic E-state index is 11.1. The highest BCUT2D eigenvalue weighted by atomic mass is 32.2. The molecule has 2 rings (SSSR count). The molecule has 0 radical (unpaired) electrons. The molecule has 0 saturated carbocycles. The molecule has 1 aliphatic heterocycles. The van der Waals surface area contributed by atoms with Crippen molar-refractivity contribution in [3.8, 4) is 0 Å². The largest absolute Gasteiger partial charge is 0.388 e. The van der Waals surface area contributed by atoms with Crippen molar-refractivity contribution < 1.29 is 14.9 Å². The van der Waals surface area contributed by atoms with E-state index in [1.54, 1.807) is 7.05 Å². The lowest BCUT2D eigenvalue weighted by atomic mass is 10.2. The van der Waals surface area contributed by atoms with Crippen molar-refractivity contribution in [2.45, 2.75) is 23.5 Å². The molecule has 3 atom stereocenters. The number of aromatic amines is 1. The van der Waals surface area contributed by atoms with Crippen molar-refractivity contribution in [2.24, 2.45) is 7.05 Å². The SMILES string of the molecule is Cn1c(SCC2OCC(O)C2O)n[nH]c1=O. The normalized spacial score (nSPS) is 29.8. The smallest absolute Gasteiger partial charge is 0.343 e. The highest BCUT2D eigenvalue weighted by Gasteiger charge is 2.34. The predicted octanol–water partition coefficient (Wildman–Crippen LogP) is -1.68. The van der Waals surface area contributed by atoms with Crippen molar-refractivity contribution in [2.75, 3.05) is 12.4 Å². The summed E-state index contributed by atoms with van der Waals surface area (Å²) in [6.45, 7) is 0.145. The number of H-pyrrole nitrogens is 1. The molecule has 2 heterocycles. The van der Waals surface area contributed by atoms with E-state index in [9.17, 15) is 15.0 Å². The fourth-order valence-electron chi connectivity index (χ4n) is 1.43. The van der Waals surface area contributed by atoms with Gasteiger partial charge in [-0.15, -0.1) is 5.10 Å². The van der Waals surface area contributed by atoms with E-state index in [4.69, 9.17) is 4.74 Å². The van der Waals surface area contributed by atoms with E-state index in [1.807, 2.05) is 0 Å². The maximum Gasteiger partial charge on any atom is 0.343 e. The zero-order valence-electron chi connectivity index (χ0n) is 8.66. The second-order valence-corrected chi connectivity index (χ2v) is 4.60. The number of nitrogens with zero attached hydrogens (tertiary/aromatic N) is 2. The summed E-state index contributed by atoms with van der Waals surface area (Å²) in [5.41, 5.74) is -0.282. The van der Waals surface area contributed by atoms with Crippen LogP contribution in [-0.4, -0.2) is 55.6 Å². The molecule has 90 valence electrons. The van der Waals surface area contributed by atoms with Gasteiger partial charge in [0.15, 0.2) is 5.16 Å². The Balaban J connectivity index is 1.93. The Morgan fingerprint density at radius 2 is 2.44 bits per heavy atom. The van der Waals surface area contributed by atoms with Crippen LogP contribution >= 0.6 is 11.8 Å². The van der Waals surface area contributed by atoms with E-state index >= 15 is 0 Å². The van der Waals surface area contributed by atoms with E-state index in [0.717, 1.165) is 0 Å². The molecule has 0 aromatic carbocycles. The minimum atomic E-state index is -0.872. The predicted molar refractivity (Wildman–Crippen MR) is 56.3 cm³/mol. The Bertz CT molecular complexity index is 418. The highest BCUT2D eigenvalue weighted by molar-refractivity contribution is 7.99. The van der Waals surface area contributed by atoms with Crippen LogP contribution in [0.25, 0.3) is 0 Å². The molecule has 0 amide bonds. The van der Waals surface area contributed by atoms with Crippen LogP contribution in [0.4, 0.5) is 0 Å². The van der Waals surface area contributed by atoms with Gasteiger partial charge >= 0.3 is 5.69 Å². The van der Waals surface area contributed by atoms with Gasteiger partial charge in [-0.25, -0.2) is 9.89 Å². The Labute approximate surface area is 95.4 Å². The number of rotatable bonds is 3. The molecule has 3 N–H and O–H groups in total. The zero-order chi connectivity index (χ0) is 11.7. The maximum absolute atomic E-state index is 11.1. The van der Waals surface area contributed by atoms with Crippen LogP contribution in [-0.2, 0) is 11.8 Å². The second-order valence-electron chi connectivity index (χ2n) is 3.61. The molecule has 1 saturated heterocycles. The van der Waals surface area contributed by atoms with E-state index in [2.05, 4.69) is 10.2 Å². The molecule has 7 nitrogen and oxygen atoms in total. The third-order valence-electron chi connectivity index (χ3n) is 2.47. The lowest BCUT2D eigenvalue weighted by Gasteiger charge is -2.13. The minimum Gasteiger partial charge on any atom is -0.388 e. The summed E-state index contributed by atoms with van der Waals surface area (Å²) in [5, 5.41) is 25.4. The summed E-state index contributed by atoms with van der Waals surface area (Å²) >= 11 is 1.30. The van der Waals surface area contributed by atoms with Crippen molar-refractivity contribution in [3.05, 3.63) is 10.5 Å². The van der Waals surface area contributed by atoms with Crippen LogP contribution in [0.15, 0.2) is 9.95 Å². The molecule has 0 aliphatic carbocycles. The monoisotopic (exact) mass is 247 g/mol. The Hall–Kier alpha value is -0.830. The van der Waals surface area contributed by atoms with Gasteiger partial charge in [-0.05, 0) is 0 Å². The molecular weight excluding hydrogens is 234 g/mol. The van der Waals surface area contributed by atoms with Gasteiger partial charge in [0.1, 0.15) is 12.2 Å². The molecule has 16 heavy (non-hydrogen) atoms. The van der Waals surface area contributed by atoms with Crippen molar-refractivity contribution >= 4 is 11.8 Å². The Morgan fingerprint density at radius 1 is 1.69 bits per heavy atom. The first kappa shape index (κ1) is 11.6. The lowest BCUT2D eigenvalue weighted by molar-refractivity contribution is 0.0337. The number of hydrogen-bond donors (Lipinski definition) is 3. The van der Waals surface area contributed by atoms with Crippen LogP contribution in [0.2, 0.25) is 0 Å². The fraction of sp³-hybridized carbons (Fsp3) is 0.750. The number of thioether (sulfide) groups is 1. The van der Waals surface area contributed by atoms with Gasteiger partial charge in [0.05, 0.1) is 12.7 Å². The van der Waals surface area contributed by atoms with Crippen LogP contribution in [0.5, 0.6) is 0 Å². The average molecular weight is 247 g/mol. The third-order valence-corrected chi connectivity index (χ3v) is 3.59. The van der Waals surface area contributed by atoms with E-state index in [-0.39, 0.29) is 12.3 Å². The van der Waals surface area contributed by atoms with Gasteiger partial charge in [-0.1, -0.05) is 11.8 Å². The van der Waals surface area contributed by atoms with Crippen LogP contribution in [0, 0.1) is 0 Å². The first-order chi connectivity index (χ1) is 7.59. The van der Waals surface area contributed by atoms with E-state index < -0.39 is 18.3 Å². The van der Waals surface area contributed by atoms with Gasteiger partial charge in [0.2, 0.25) is 0 Å². The van der Waals surface area contributed by atoms with Gasteiger partial charge < -0.3 is 14.9 Å². The van der Waals surface area contributed by atoms with Crippen molar-refractivity contribution in [3.63, 3.8) is 0 Å². The van der Waals surface area contributed by atoms with Crippen LogP contribution in [0.3, 0.4) is 0 Å². The zero-order valence-corrected chi connectivity index (χ0v) is 9.48. The van der Waals surface area contributed by atoms with E-state index in [0.29, 0.717) is 10.9 Å². The van der Waals surface area contributed by atoms with Gasteiger partial charge in [0.25, 0.3) is 0 Å². The quantitative estimate of drug-likeness (QED) is 0.552. The molecular formula is C8H13N3O4S. The van der Waals surface area contributed by atoms with Crippen molar-refractivity contribution in [1.29, 1.82) is 0 Å². The van der Waals surface area contributed by atoms with E-state index in [1.165, 1.54) is 16.3 Å². The number of aromatic nitrogens is 3. The molecule has 3 unspecified atom stereocenters. The molecule has 0 bridgehead atoms. The number of aliphatic hydroxyl groups excluding tert-OH is 2. The standard InChI is InChI=1S/C8H13N3O4S/c1-11-7(14)9-10-8(11)16-3-5-6(13)4(12)2-15-5/h4-6,12-13H,2-3H2,1H3,(H,9,14). The third kappa shape index (κ3) is 2.14. The van der Waals surface area contributed by atoms with Gasteiger partial charge in [-0.2, -0.15) is 0 Å². The Kier molecular flexibility index (Phi) is 3.33. The average Bonchev–Trinajstić information content (AvgIpc) is 2.74. The molecule has 0 spiro atoms. The summed E-state index contributed by atoms with van der Waals surface area (Å²) in [7, 11) is 1.61. The number of hydrogen-bond acceptors (Lipinski definition) is 6. The number of ether oxygens (including phenoxy) is 1. The van der Waals surface area contributed by atoms with Gasteiger partial charge in [-0.3, -0.25) is 4.57 Å². The summed E-state index contributed by atoms with van der Waals surface area (Å²) in [4.78, 5) is 11.1. The molecule has 1 aromatic rings. The Morgan fingerprint density at radius 3 is 2.94 bits per heavy atom. The summed E-state index contributed by atoms with van der Waals surface area (Å²) in [5.74, 6) is 0.441. The summed E-state index contributed by atoms with van der Waals surface area (Å²) in [6.07, 6.45) is -2.12. The molecule has 8 heteroatoms. The second kappa shape index (κ2) is 4.58. The fourth-order valence-corrected chi connectivity index (χ4v) is 2.43. The van der Waals surface area contributed by atoms with Crippen LogP contribution < -0.4 is 5.69 Å². The number of aliphatic hydroxyl groups is 2. The minimum absolute atomic E-state index is 0.145. The molecule has 1 aliphatic rings. The number of nitrogens with one attached hydrogen (secondary N) is 1. The highest BCUT2D eigenvalue weighted by Crippen LogP contribution is 2.21. The molecule has 1 aromatic heterocycles. The van der Waals surface area contributed by atoms with Gasteiger partial charge in [0, 0.05) is 12.8 Å². The topological polar surface area (TPSA) is 100 Å². The first-order valence-corrected chi connectivity index (χ1v) is 5.80. The van der Waals surface area contributed by atoms with Crippen molar-refractivity contribution in [1.82, 2.24) is 14.8 Å². The lowest BCUT2D eigenvalue weighted by Crippen LogP contribution is -2.31. The summed E-state index contributed by atoms with van der Waals surface area (Å²) < 4.78 is 6.58. The first-order valence-electron chi connectivity index (χ1n) is 4.81. The summed E-state index contributed by atoms with van der Waals surface area (Å²) in [6, 6.07) is 0. The molecule has 1 fully saturated rings. The van der Waals surface area contributed by atoms with Crippen LogP contribution in [0.1, 0.15) is 0 Å².